The van der Waals surface area contributed by atoms with E-state index in [9.17, 15) is 13.9 Å². The first-order valence-corrected chi connectivity index (χ1v) is 5.54. The number of rotatable bonds is 2. The monoisotopic (exact) mass is 268 g/mol. The number of halogens is 3. The van der Waals surface area contributed by atoms with E-state index in [0.29, 0.717) is 18.3 Å². The average molecular weight is 269 g/mol. The van der Waals surface area contributed by atoms with Gasteiger partial charge in [0, 0.05) is 0 Å². The molecule has 2 unspecified atom stereocenters. The van der Waals surface area contributed by atoms with Crippen molar-refractivity contribution in [3.63, 3.8) is 0 Å². The van der Waals surface area contributed by atoms with Crippen LogP contribution in [0.4, 0.5) is 8.78 Å². The lowest BCUT2D eigenvalue weighted by Gasteiger charge is -2.35. The van der Waals surface area contributed by atoms with Crippen LogP contribution in [0.15, 0.2) is 12.2 Å². The van der Waals surface area contributed by atoms with E-state index in [0.717, 1.165) is 0 Å². The van der Waals surface area contributed by atoms with Gasteiger partial charge in [-0.2, -0.15) is 8.78 Å². The van der Waals surface area contributed by atoms with Crippen LogP contribution in [0.1, 0.15) is 26.7 Å². The van der Waals surface area contributed by atoms with Crippen LogP contribution in [-0.4, -0.2) is 15.5 Å². The highest BCUT2D eigenvalue weighted by Crippen LogP contribution is 2.43. The quantitative estimate of drug-likeness (QED) is 0.602. The first kappa shape index (κ1) is 12.1. The van der Waals surface area contributed by atoms with Crippen LogP contribution in [0.5, 0.6) is 0 Å². The summed E-state index contributed by atoms with van der Waals surface area (Å²) in [6, 6.07) is 0. The van der Waals surface area contributed by atoms with Gasteiger partial charge in [0.05, 0.1) is 0 Å². The smallest absolute Gasteiger partial charge is 0.332 e. The van der Waals surface area contributed by atoms with E-state index in [4.69, 9.17) is 0 Å². The second kappa shape index (κ2) is 3.89. The largest absolute Gasteiger partial charge is 0.378 e. The van der Waals surface area contributed by atoms with E-state index in [2.05, 4.69) is 15.9 Å². The molecule has 0 aliphatic heterocycles. The van der Waals surface area contributed by atoms with Gasteiger partial charge in [0.15, 0.2) is 5.60 Å². The summed E-state index contributed by atoms with van der Waals surface area (Å²) < 4.78 is 25.9. The Bertz CT molecular complexity index is 235. The van der Waals surface area contributed by atoms with E-state index < -0.39 is 10.4 Å². The van der Waals surface area contributed by atoms with Crippen LogP contribution in [0.3, 0.4) is 0 Å². The fraction of sp³-hybridized carbons (Fsp3) is 0.800. The molecule has 1 N–H and O–H groups in total. The lowest BCUT2D eigenvalue weighted by molar-refractivity contribution is -0.0932. The minimum Gasteiger partial charge on any atom is -0.378 e. The standard InChI is InChI=1S/C10H15BrF2O/c1-7(2)8-3-5-9(14,6-4-8)10(11,12)13/h3,5,7-8,14H,4,6H2,1-2H3. The molecule has 1 aliphatic rings. The molecule has 0 radical (unpaired) electrons. The molecule has 14 heavy (non-hydrogen) atoms. The molecule has 0 bridgehead atoms. The minimum atomic E-state index is -3.24. The van der Waals surface area contributed by atoms with Crippen LogP contribution in [0.25, 0.3) is 0 Å². The van der Waals surface area contributed by atoms with Crippen LogP contribution in [0.2, 0.25) is 0 Å². The highest BCUT2D eigenvalue weighted by atomic mass is 79.9. The normalized spacial score (nSPS) is 33.8. The first-order chi connectivity index (χ1) is 6.26. The Morgan fingerprint density at radius 1 is 1.57 bits per heavy atom. The van der Waals surface area contributed by atoms with Gasteiger partial charge in [0.2, 0.25) is 0 Å². The van der Waals surface area contributed by atoms with Crippen molar-refractivity contribution in [2.24, 2.45) is 11.8 Å². The van der Waals surface area contributed by atoms with Gasteiger partial charge in [-0.05, 0) is 46.7 Å². The Kier molecular flexibility index (Phi) is 3.37. The molecule has 0 fully saturated rings. The van der Waals surface area contributed by atoms with Gasteiger partial charge in [-0.15, -0.1) is 0 Å². The van der Waals surface area contributed by atoms with E-state index in [1.165, 1.54) is 6.08 Å². The summed E-state index contributed by atoms with van der Waals surface area (Å²) in [6.07, 6.45) is 3.63. The van der Waals surface area contributed by atoms with Gasteiger partial charge in [-0.1, -0.05) is 19.9 Å². The number of hydrogen-bond acceptors (Lipinski definition) is 1. The highest BCUT2D eigenvalue weighted by molar-refractivity contribution is 9.10. The van der Waals surface area contributed by atoms with E-state index in [1.807, 2.05) is 13.8 Å². The Balaban J connectivity index is 2.77. The number of hydrogen-bond donors (Lipinski definition) is 1. The SMILES string of the molecule is CC(C)C1C=CC(O)(C(F)(F)Br)CC1. The van der Waals surface area contributed by atoms with Crippen LogP contribution >= 0.6 is 15.9 Å². The summed E-state index contributed by atoms with van der Waals surface area (Å²) in [5, 5.41) is 9.62. The summed E-state index contributed by atoms with van der Waals surface area (Å²) >= 11 is 2.22. The zero-order valence-corrected chi connectivity index (χ0v) is 9.89. The molecule has 0 aromatic heterocycles. The molecule has 0 aromatic carbocycles. The van der Waals surface area contributed by atoms with E-state index in [-0.39, 0.29) is 6.42 Å². The van der Waals surface area contributed by atoms with Gasteiger partial charge in [-0.25, -0.2) is 0 Å². The number of allylic oxidation sites excluding steroid dienone is 1. The zero-order valence-electron chi connectivity index (χ0n) is 8.30. The maximum Gasteiger partial charge on any atom is 0.332 e. The van der Waals surface area contributed by atoms with Crippen molar-refractivity contribution in [1.29, 1.82) is 0 Å². The molecule has 0 aromatic rings. The summed E-state index contributed by atoms with van der Waals surface area (Å²) in [5.41, 5.74) is -2.02. The second-order valence-electron chi connectivity index (χ2n) is 4.23. The van der Waals surface area contributed by atoms with Crippen molar-refractivity contribution < 1.29 is 13.9 Å². The first-order valence-electron chi connectivity index (χ1n) is 4.75. The molecule has 2 atom stereocenters. The molecule has 0 heterocycles. The Morgan fingerprint density at radius 3 is 2.43 bits per heavy atom. The Hall–Kier alpha value is 0.0400. The molecule has 82 valence electrons. The topological polar surface area (TPSA) is 20.2 Å². The third-order valence-corrected chi connectivity index (χ3v) is 3.51. The minimum absolute atomic E-state index is 0.102. The summed E-state index contributed by atoms with van der Waals surface area (Å²) in [7, 11) is 0. The molecule has 1 aliphatic carbocycles. The number of alkyl halides is 3. The zero-order chi connectivity index (χ0) is 11.0. The van der Waals surface area contributed by atoms with Crippen LogP contribution in [0, 0.1) is 11.8 Å². The van der Waals surface area contributed by atoms with Crippen molar-refractivity contribution in [3.8, 4) is 0 Å². The van der Waals surface area contributed by atoms with E-state index >= 15 is 0 Å². The lowest BCUT2D eigenvalue weighted by atomic mass is 9.80. The molecular formula is C10H15BrF2O. The van der Waals surface area contributed by atoms with E-state index in [1.54, 1.807) is 6.08 Å². The second-order valence-corrected chi connectivity index (χ2v) is 5.22. The Labute approximate surface area is 91.3 Å². The van der Waals surface area contributed by atoms with Gasteiger partial charge in [-0.3, -0.25) is 0 Å². The van der Waals surface area contributed by atoms with Crippen LogP contribution < -0.4 is 0 Å². The van der Waals surface area contributed by atoms with Crippen molar-refractivity contribution in [3.05, 3.63) is 12.2 Å². The molecule has 0 saturated heterocycles. The van der Waals surface area contributed by atoms with Gasteiger partial charge < -0.3 is 5.11 Å². The van der Waals surface area contributed by atoms with Crippen molar-refractivity contribution >= 4 is 15.9 Å². The summed E-state index contributed by atoms with van der Waals surface area (Å²) in [6.45, 7) is 4.09. The molecule has 0 spiro atoms. The molecular weight excluding hydrogens is 254 g/mol. The summed E-state index contributed by atoms with van der Waals surface area (Å²) in [5.74, 6) is 0.727. The maximum absolute atomic E-state index is 12.9. The molecule has 1 rings (SSSR count). The Morgan fingerprint density at radius 2 is 2.14 bits per heavy atom. The van der Waals surface area contributed by atoms with Gasteiger partial charge in [0.25, 0.3) is 0 Å². The maximum atomic E-state index is 12.9. The molecule has 0 amide bonds. The van der Waals surface area contributed by atoms with Crippen molar-refractivity contribution in [1.82, 2.24) is 0 Å². The van der Waals surface area contributed by atoms with Crippen LogP contribution in [-0.2, 0) is 0 Å². The molecule has 1 nitrogen and oxygen atoms in total. The van der Waals surface area contributed by atoms with Gasteiger partial charge >= 0.3 is 4.83 Å². The average Bonchev–Trinajstić information content (AvgIpc) is 2.03. The van der Waals surface area contributed by atoms with Crippen molar-refractivity contribution in [2.75, 3.05) is 0 Å². The van der Waals surface area contributed by atoms with Crippen molar-refractivity contribution in [2.45, 2.75) is 37.1 Å². The van der Waals surface area contributed by atoms with Gasteiger partial charge in [0.1, 0.15) is 0 Å². The fourth-order valence-electron chi connectivity index (χ4n) is 1.64. The molecule has 0 saturated carbocycles. The molecule has 4 heteroatoms. The predicted molar refractivity (Wildman–Crippen MR) is 55.5 cm³/mol. The highest BCUT2D eigenvalue weighted by Gasteiger charge is 2.49. The lowest BCUT2D eigenvalue weighted by Crippen LogP contribution is -2.44. The third kappa shape index (κ3) is 2.34. The number of aliphatic hydroxyl groups is 1. The predicted octanol–water partition coefficient (Wildman–Crippen LogP) is 3.33. The fourth-order valence-corrected chi connectivity index (χ4v) is 1.97. The third-order valence-electron chi connectivity index (χ3n) is 2.83. The summed E-state index contributed by atoms with van der Waals surface area (Å²) in [4.78, 5) is -3.24.